The second-order valence-electron chi connectivity index (χ2n) is 7.09. The molecule has 1 aliphatic rings. The van der Waals surface area contributed by atoms with Crippen molar-refractivity contribution < 1.29 is 9.13 Å². The lowest BCUT2D eigenvalue weighted by atomic mass is 9.74. The molecule has 26 heavy (non-hydrogen) atoms. The molecule has 0 unspecified atom stereocenters. The van der Waals surface area contributed by atoms with E-state index in [4.69, 9.17) is 9.72 Å². The van der Waals surface area contributed by atoms with Gasteiger partial charge in [-0.3, -0.25) is 0 Å². The number of pyridine rings is 1. The molecule has 0 saturated carbocycles. The number of ether oxygens (including phenoxy) is 1. The third-order valence-corrected chi connectivity index (χ3v) is 5.44. The van der Waals surface area contributed by atoms with Gasteiger partial charge in [-0.15, -0.1) is 0 Å². The minimum absolute atomic E-state index is 0.0623. The van der Waals surface area contributed by atoms with Crippen molar-refractivity contribution >= 4 is 16.7 Å². The molecular weight excluding hydrogens is 327 g/mol. The number of hydrogen-bond acceptors (Lipinski definition) is 3. The molecule has 0 atom stereocenters. The summed E-state index contributed by atoms with van der Waals surface area (Å²) in [5, 5.41) is 4.72. The predicted octanol–water partition coefficient (Wildman–Crippen LogP) is 4.84. The summed E-state index contributed by atoms with van der Waals surface area (Å²) in [6.45, 7) is 4.32. The van der Waals surface area contributed by atoms with Gasteiger partial charge in [-0.25, -0.2) is 9.37 Å². The average molecular weight is 350 g/mol. The minimum atomic E-state index is -0.198. The number of anilines is 1. The first-order valence-corrected chi connectivity index (χ1v) is 9.10. The van der Waals surface area contributed by atoms with Crippen molar-refractivity contribution in [1.29, 1.82) is 0 Å². The van der Waals surface area contributed by atoms with Crippen molar-refractivity contribution in [1.82, 2.24) is 4.98 Å². The topological polar surface area (TPSA) is 34.1 Å². The van der Waals surface area contributed by atoms with Gasteiger partial charge in [0.25, 0.3) is 0 Å². The van der Waals surface area contributed by atoms with Gasteiger partial charge in [-0.2, -0.15) is 0 Å². The first-order valence-electron chi connectivity index (χ1n) is 9.10. The van der Waals surface area contributed by atoms with E-state index in [0.29, 0.717) is 0 Å². The highest BCUT2D eigenvalue weighted by atomic mass is 19.1. The molecule has 4 rings (SSSR count). The molecule has 3 nitrogen and oxygen atoms in total. The third-order valence-electron chi connectivity index (χ3n) is 5.44. The Morgan fingerprint density at radius 3 is 2.58 bits per heavy atom. The Kier molecular flexibility index (Phi) is 4.60. The van der Waals surface area contributed by atoms with Gasteiger partial charge in [-0.05, 0) is 55.2 Å². The van der Waals surface area contributed by atoms with Gasteiger partial charge in [0.2, 0.25) is 0 Å². The lowest BCUT2D eigenvalue weighted by molar-refractivity contribution is 0.0543. The molecular formula is C22H23FN2O. The van der Waals surface area contributed by atoms with Gasteiger partial charge in [0.1, 0.15) is 11.6 Å². The van der Waals surface area contributed by atoms with Gasteiger partial charge in [0.05, 0.1) is 5.52 Å². The van der Waals surface area contributed by atoms with Crippen molar-refractivity contribution in [2.24, 2.45) is 0 Å². The third kappa shape index (κ3) is 3.29. The normalized spacial score (nSPS) is 16.5. The number of benzene rings is 2. The van der Waals surface area contributed by atoms with E-state index in [2.05, 4.69) is 24.4 Å². The molecule has 3 aromatic rings. The summed E-state index contributed by atoms with van der Waals surface area (Å²) in [4.78, 5) is 4.76. The Morgan fingerprint density at radius 1 is 1.08 bits per heavy atom. The zero-order chi connectivity index (χ0) is 18.0. The average Bonchev–Trinajstić information content (AvgIpc) is 2.68. The van der Waals surface area contributed by atoms with E-state index in [1.807, 2.05) is 30.3 Å². The quantitative estimate of drug-likeness (QED) is 0.731. The Bertz CT molecular complexity index is 902. The molecule has 134 valence electrons. The van der Waals surface area contributed by atoms with Crippen LogP contribution in [0.15, 0.2) is 54.6 Å². The highest BCUT2D eigenvalue weighted by molar-refractivity contribution is 5.83. The van der Waals surface area contributed by atoms with Crippen molar-refractivity contribution in [3.8, 4) is 0 Å². The standard InChI is InChI=1S/C22H23FN2O/c1-16-14-21(25-20-5-3-2-4-19(16)20)24-15-22(10-12-26-13-11-22)17-6-8-18(23)9-7-17/h2-9,14H,10-13,15H2,1H3,(H,24,25). The van der Waals surface area contributed by atoms with E-state index in [-0.39, 0.29) is 11.2 Å². The molecule has 0 spiro atoms. The second kappa shape index (κ2) is 7.04. The lowest BCUT2D eigenvalue weighted by Gasteiger charge is -2.38. The number of aryl methyl sites for hydroxylation is 1. The SMILES string of the molecule is Cc1cc(NCC2(c3ccc(F)cc3)CCOCC2)nc2ccccc12. The molecule has 1 aliphatic heterocycles. The summed E-state index contributed by atoms with van der Waals surface area (Å²) in [7, 11) is 0. The van der Waals surface area contributed by atoms with Crippen LogP contribution in [0.4, 0.5) is 10.2 Å². The van der Waals surface area contributed by atoms with Crippen LogP contribution in [0.2, 0.25) is 0 Å². The van der Waals surface area contributed by atoms with Crippen LogP contribution in [0.3, 0.4) is 0 Å². The fourth-order valence-electron chi connectivity index (χ4n) is 3.83. The molecule has 4 heteroatoms. The molecule has 1 fully saturated rings. The van der Waals surface area contributed by atoms with Crippen LogP contribution in [0, 0.1) is 12.7 Å². The van der Waals surface area contributed by atoms with Crippen molar-refractivity contribution in [3.63, 3.8) is 0 Å². The maximum atomic E-state index is 13.4. The number of rotatable bonds is 4. The molecule has 0 aliphatic carbocycles. The van der Waals surface area contributed by atoms with Crippen LogP contribution in [0.1, 0.15) is 24.0 Å². The van der Waals surface area contributed by atoms with Crippen molar-refractivity contribution in [2.45, 2.75) is 25.2 Å². The Hall–Kier alpha value is -2.46. The van der Waals surface area contributed by atoms with E-state index in [1.165, 1.54) is 10.9 Å². The largest absolute Gasteiger partial charge is 0.381 e. The number of para-hydroxylation sites is 1. The predicted molar refractivity (Wildman–Crippen MR) is 103 cm³/mol. The first kappa shape index (κ1) is 17.0. The van der Waals surface area contributed by atoms with E-state index < -0.39 is 0 Å². The van der Waals surface area contributed by atoms with Gasteiger partial charge < -0.3 is 10.1 Å². The van der Waals surface area contributed by atoms with Crippen LogP contribution >= 0.6 is 0 Å². The summed E-state index contributed by atoms with van der Waals surface area (Å²) in [6, 6.07) is 17.2. The molecule has 0 radical (unpaired) electrons. The summed E-state index contributed by atoms with van der Waals surface area (Å²) < 4.78 is 19.0. The van der Waals surface area contributed by atoms with Crippen LogP contribution in [-0.4, -0.2) is 24.7 Å². The van der Waals surface area contributed by atoms with E-state index in [0.717, 1.165) is 49.5 Å². The van der Waals surface area contributed by atoms with Crippen LogP contribution in [-0.2, 0) is 10.2 Å². The lowest BCUT2D eigenvalue weighted by Crippen LogP contribution is -2.40. The van der Waals surface area contributed by atoms with E-state index in [9.17, 15) is 4.39 Å². The van der Waals surface area contributed by atoms with Gasteiger partial charge >= 0.3 is 0 Å². The zero-order valence-corrected chi connectivity index (χ0v) is 15.0. The maximum absolute atomic E-state index is 13.4. The smallest absolute Gasteiger partial charge is 0.126 e. The van der Waals surface area contributed by atoms with Crippen molar-refractivity contribution in [2.75, 3.05) is 25.1 Å². The number of aromatic nitrogens is 1. The molecule has 0 bridgehead atoms. The Labute approximate surface area is 153 Å². The summed E-state index contributed by atoms with van der Waals surface area (Å²) >= 11 is 0. The zero-order valence-electron chi connectivity index (χ0n) is 15.0. The van der Waals surface area contributed by atoms with Gasteiger partial charge in [0.15, 0.2) is 0 Å². The van der Waals surface area contributed by atoms with Crippen LogP contribution < -0.4 is 5.32 Å². The molecule has 2 heterocycles. The highest BCUT2D eigenvalue weighted by Gasteiger charge is 2.34. The summed E-state index contributed by atoms with van der Waals surface area (Å²) in [5.41, 5.74) is 3.30. The number of halogens is 1. The number of nitrogens with zero attached hydrogens (tertiary/aromatic N) is 1. The molecule has 1 N–H and O–H groups in total. The monoisotopic (exact) mass is 350 g/mol. The highest BCUT2D eigenvalue weighted by Crippen LogP contribution is 2.35. The summed E-state index contributed by atoms with van der Waals surface area (Å²) in [5.74, 6) is 0.685. The number of hydrogen-bond donors (Lipinski definition) is 1. The van der Waals surface area contributed by atoms with E-state index >= 15 is 0 Å². The Morgan fingerprint density at radius 2 is 1.81 bits per heavy atom. The fraction of sp³-hybridized carbons (Fsp3) is 0.318. The van der Waals surface area contributed by atoms with Gasteiger partial charge in [0, 0.05) is 30.6 Å². The van der Waals surface area contributed by atoms with Crippen LogP contribution in [0.5, 0.6) is 0 Å². The Balaban J connectivity index is 1.62. The number of nitrogens with one attached hydrogen (secondary N) is 1. The molecule has 0 amide bonds. The maximum Gasteiger partial charge on any atom is 0.126 e. The van der Waals surface area contributed by atoms with Crippen molar-refractivity contribution in [3.05, 3.63) is 71.5 Å². The molecule has 1 aromatic heterocycles. The van der Waals surface area contributed by atoms with E-state index in [1.54, 1.807) is 12.1 Å². The molecule has 2 aromatic carbocycles. The fourth-order valence-corrected chi connectivity index (χ4v) is 3.83. The second-order valence-corrected chi connectivity index (χ2v) is 7.09. The van der Waals surface area contributed by atoms with Crippen LogP contribution in [0.25, 0.3) is 10.9 Å². The molecule has 1 saturated heterocycles. The van der Waals surface area contributed by atoms with Gasteiger partial charge in [-0.1, -0.05) is 30.3 Å². The first-order chi connectivity index (χ1) is 12.7. The summed E-state index contributed by atoms with van der Waals surface area (Å²) in [6.07, 6.45) is 1.83. The number of fused-ring (bicyclic) bond motifs is 1. The minimum Gasteiger partial charge on any atom is -0.381 e.